The van der Waals surface area contributed by atoms with Crippen molar-refractivity contribution in [3.8, 4) is 0 Å². The summed E-state index contributed by atoms with van der Waals surface area (Å²) in [7, 11) is 0. The molecule has 1 aromatic heterocycles. The third-order valence-electron chi connectivity index (χ3n) is 2.77. The Balaban J connectivity index is 2.38. The Hall–Kier alpha value is -1.35. The van der Waals surface area contributed by atoms with E-state index >= 15 is 0 Å². The predicted octanol–water partition coefficient (Wildman–Crippen LogP) is 1.70. The Morgan fingerprint density at radius 1 is 1.43 bits per heavy atom. The lowest BCUT2D eigenvalue weighted by molar-refractivity contribution is 0.151. The van der Waals surface area contributed by atoms with Crippen molar-refractivity contribution in [1.82, 2.24) is 4.57 Å². The van der Waals surface area contributed by atoms with Crippen molar-refractivity contribution in [2.24, 2.45) is 0 Å². The van der Waals surface area contributed by atoms with E-state index in [1.165, 1.54) is 12.1 Å². The molecule has 72 valence electrons. The van der Waals surface area contributed by atoms with Gasteiger partial charge in [0.15, 0.2) is 0 Å². The minimum absolute atomic E-state index is 0.223. The number of benzene rings is 1. The van der Waals surface area contributed by atoms with Crippen molar-refractivity contribution in [2.75, 3.05) is 0 Å². The molecule has 0 saturated carbocycles. The van der Waals surface area contributed by atoms with Gasteiger partial charge in [0.1, 0.15) is 5.82 Å². The molecule has 3 heteroatoms. The second-order valence-corrected chi connectivity index (χ2v) is 3.83. The fourth-order valence-corrected chi connectivity index (χ4v) is 2.25. The molecule has 0 fully saturated rings. The van der Waals surface area contributed by atoms with Crippen LogP contribution in [0.4, 0.5) is 4.39 Å². The molecule has 0 radical (unpaired) electrons. The second kappa shape index (κ2) is 2.58. The Kier molecular flexibility index (Phi) is 1.47. The molecule has 2 heterocycles. The van der Waals surface area contributed by atoms with Crippen molar-refractivity contribution < 1.29 is 9.50 Å². The highest BCUT2D eigenvalue weighted by atomic mass is 19.1. The third kappa shape index (κ3) is 0.990. The second-order valence-electron chi connectivity index (χ2n) is 3.83. The fraction of sp³-hybridized carbons (Fsp3) is 0.273. The van der Waals surface area contributed by atoms with E-state index < -0.39 is 0 Å². The molecule has 1 N–H and O–H groups in total. The van der Waals surface area contributed by atoms with Crippen LogP contribution in [-0.2, 0) is 13.0 Å². The molecule has 1 aliphatic rings. The normalized spacial score (nSPS) is 20.3. The minimum atomic E-state index is -0.389. The Morgan fingerprint density at radius 2 is 2.29 bits per heavy atom. The van der Waals surface area contributed by atoms with E-state index in [9.17, 15) is 9.50 Å². The summed E-state index contributed by atoms with van der Waals surface area (Å²) in [5, 5.41) is 10.5. The Bertz CT molecular complexity index is 503. The summed E-state index contributed by atoms with van der Waals surface area (Å²) < 4.78 is 15.1. The molecule has 1 aromatic carbocycles. The standard InChI is InChI=1S/C11H10FNO/c12-9-3-7-1-2-13-6-10(14)5-8(4-9)11(7)13/h1-4,10,14H,5-6H2. The van der Waals surface area contributed by atoms with Crippen LogP contribution in [0.1, 0.15) is 5.56 Å². The first kappa shape index (κ1) is 8.00. The zero-order chi connectivity index (χ0) is 9.71. The number of hydrogen-bond donors (Lipinski definition) is 1. The lowest BCUT2D eigenvalue weighted by Crippen LogP contribution is -2.23. The van der Waals surface area contributed by atoms with Crippen molar-refractivity contribution in [2.45, 2.75) is 19.1 Å². The van der Waals surface area contributed by atoms with Crippen LogP contribution in [0, 0.1) is 5.82 Å². The van der Waals surface area contributed by atoms with E-state index in [0.717, 1.165) is 16.5 Å². The third-order valence-corrected chi connectivity index (χ3v) is 2.77. The molecule has 1 atom stereocenters. The van der Waals surface area contributed by atoms with Crippen LogP contribution in [0.15, 0.2) is 24.4 Å². The summed E-state index contributed by atoms with van der Waals surface area (Å²) in [6.45, 7) is 0.613. The number of aliphatic hydroxyl groups is 1. The van der Waals surface area contributed by atoms with Gasteiger partial charge < -0.3 is 9.67 Å². The van der Waals surface area contributed by atoms with Gasteiger partial charge in [-0.25, -0.2) is 4.39 Å². The van der Waals surface area contributed by atoms with Gasteiger partial charge in [0.2, 0.25) is 0 Å². The molecule has 0 bridgehead atoms. The van der Waals surface area contributed by atoms with Gasteiger partial charge in [0, 0.05) is 24.5 Å². The van der Waals surface area contributed by atoms with Gasteiger partial charge in [-0.05, 0) is 23.8 Å². The van der Waals surface area contributed by atoms with Crippen LogP contribution >= 0.6 is 0 Å². The summed E-state index contributed by atoms with van der Waals surface area (Å²) in [4.78, 5) is 0. The summed E-state index contributed by atoms with van der Waals surface area (Å²) in [6, 6.07) is 4.94. The van der Waals surface area contributed by atoms with Crippen LogP contribution in [0.3, 0.4) is 0 Å². The van der Waals surface area contributed by atoms with E-state index in [1.54, 1.807) is 0 Å². The number of aromatic nitrogens is 1. The van der Waals surface area contributed by atoms with E-state index in [1.807, 2.05) is 16.8 Å². The highest BCUT2D eigenvalue weighted by Crippen LogP contribution is 2.27. The maximum atomic E-state index is 13.2. The van der Waals surface area contributed by atoms with Gasteiger partial charge in [0.05, 0.1) is 11.6 Å². The number of aliphatic hydroxyl groups excluding tert-OH is 1. The molecule has 1 unspecified atom stereocenters. The SMILES string of the molecule is OC1Cc2cc(F)cc3ccn(c23)C1. The van der Waals surface area contributed by atoms with Gasteiger partial charge in [-0.2, -0.15) is 0 Å². The number of nitrogens with zero attached hydrogens (tertiary/aromatic N) is 1. The predicted molar refractivity (Wildman–Crippen MR) is 51.6 cm³/mol. The Morgan fingerprint density at radius 3 is 3.14 bits per heavy atom. The zero-order valence-electron chi connectivity index (χ0n) is 7.57. The van der Waals surface area contributed by atoms with Gasteiger partial charge >= 0.3 is 0 Å². The van der Waals surface area contributed by atoms with Gasteiger partial charge in [-0.3, -0.25) is 0 Å². The largest absolute Gasteiger partial charge is 0.391 e. The molecule has 3 rings (SSSR count). The molecule has 2 nitrogen and oxygen atoms in total. The summed E-state index contributed by atoms with van der Waals surface area (Å²) in [5.74, 6) is -0.223. The van der Waals surface area contributed by atoms with E-state index in [2.05, 4.69) is 0 Å². The molecule has 0 aliphatic carbocycles. The Labute approximate surface area is 80.6 Å². The maximum absolute atomic E-state index is 13.2. The number of rotatable bonds is 0. The average molecular weight is 191 g/mol. The first-order chi connectivity index (χ1) is 6.74. The van der Waals surface area contributed by atoms with Crippen LogP contribution < -0.4 is 0 Å². The lowest BCUT2D eigenvalue weighted by Gasteiger charge is -2.20. The van der Waals surface area contributed by atoms with Crippen LogP contribution in [-0.4, -0.2) is 15.8 Å². The van der Waals surface area contributed by atoms with Crippen molar-refractivity contribution >= 4 is 10.9 Å². The smallest absolute Gasteiger partial charge is 0.124 e. The van der Waals surface area contributed by atoms with Gasteiger partial charge in [0.25, 0.3) is 0 Å². The number of halogens is 1. The van der Waals surface area contributed by atoms with Crippen LogP contribution in [0.25, 0.3) is 10.9 Å². The zero-order valence-corrected chi connectivity index (χ0v) is 7.57. The molecule has 2 aromatic rings. The maximum Gasteiger partial charge on any atom is 0.124 e. The quantitative estimate of drug-likeness (QED) is 0.673. The summed E-state index contributed by atoms with van der Waals surface area (Å²) in [6.07, 6.45) is 2.06. The topological polar surface area (TPSA) is 25.2 Å². The van der Waals surface area contributed by atoms with Crippen molar-refractivity contribution in [1.29, 1.82) is 0 Å². The van der Waals surface area contributed by atoms with E-state index in [4.69, 9.17) is 0 Å². The molecule has 14 heavy (non-hydrogen) atoms. The van der Waals surface area contributed by atoms with Gasteiger partial charge in [-0.1, -0.05) is 0 Å². The van der Waals surface area contributed by atoms with Crippen molar-refractivity contribution in [3.05, 3.63) is 35.8 Å². The molecule has 0 spiro atoms. The minimum Gasteiger partial charge on any atom is -0.391 e. The molecular formula is C11H10FNO. The summed E-state index contributed by atoms with van der Waals surface area (Å²) in [5.41, 5.74) is 1.97. The number of hydrogen-bond acceptors (Lipinski definition) is 1. The fourth-order valence-electron chi connectivity index (χ4n) is 2.25. The van der Waals surface area contributed by atoms with E-state index in [-0.39, 0.29) is 11.9 Å². The van der Waals surface area contributed by atoms with Crippen LogP contribution in [0.5, 0.6) is 0 Å². The van der Waals surface area contributed by atoms with Crippen LogP contribution in [0.2, 0.25) is 0 Å². The highest BCUT2D eigenvalue weighted by molar-refractivity contribution is 5.84. The first-order valence-corrected chi connectivity index (χ1v) is 4.69. The van der Waals surface area contributed by atoms with Gasteiger partial charge in [-0.15, -0.1) is 0 Å². The summed E-state index contributed by atoms with van der Waals surface area (Å²) >= 11 is 0. The van der Waals surface area contributed by atoms with Crippen molar-refractivity contribution in [3.63, 3.8) is 0 Å². The highest BCUT2D eigenvalue weighted by Gasteiger charge is 2.19. The molecular weight excluding hydrogens is 181 g/mol. The first-order valence-electron chi connectivity index (χ1n) is 4.69. The molecule has 1 aliphatic heterocycles. The lowest BCUT2D eigenvalue weighted by atomic mass is 10.0. The van der Waals surface area contributed by atoms with E-state index in [0.29, 0.717) is 13.0 Å². The molecule has 0 amide bonds. The average Bonchev–Trinajstić information content (AvgIpc) is 2.48. The molecule has 0 saturated heterocycles. The monoisotopic (exact) mass is 191 g/mol.